The molecule has 23 aromatic carbocycles. The van der Waals surface area contributed by atoms with Gasteiger partial charge in [-0.1, -0.05) is 431 Å². The SMILES string of the molecule is C1=CC2Oc3c(-c4cccc5oc6ccccc6c45)ccc(-c4c5ccccc5c(-c5ccc6ccccc6c5)c5ccccc45)c3C2C=C1.C1=CC2Oc3cc(-c4ccccc4)cc(-c4c5ccccc5c(-c5ccc6ccccc6c5)c5ccccc45)c3C2C=C1.C1=CC2Oc3cc(-c4ccccc4-c4ccccc4)cc(-c4c5ccccc5c(-c5ccc6ccccc6c5)c5ccccc45)c3C2C=C1. The van der Waals surface area contributed by atoms with Crippen LogP contribution in [0, 0.1) is 0 Å². The standard InChI is InChI=1S/C48H30O2.C48H32O.C42H28O/c1-2-13-30-28-31(25-24-29(30)12-1)44-32-14-3-5-16-34(32)45(35-17-6-4-15-33(35)44)40-27-26-37(48-47(40)39-19-8-10-22-42(39)50-48)36-20-11-23-43-46(36)38-18-7-9-21-41(38)49-43;1-2-15-32(16-3-1)36-18-6-7-19-37(36)35-29-43(48-42-24-12-13-25-44(42)49-45(48)30-35)47-40-22-10-8-20-38(40)46(39-21-9-11-23-41(39)47)34-27-26-31-14-4-5-17-33(31)28-34;1-2-12-27(13-3-1)31-25-37(42-36-20-10-11-21-38(36)43-39(42)26-31)41-34-18-8-6-16-32(34)40(33-17-7-9-19-35(33)41)30-23-22-28-14-4-5-15-29(28)24-30/h1-28,39,42H;1-30,42,44H;1-26,36,38H. The Kier molecular flexibility index (Phi) is 19.7. The van der Waals surface area contributed by atoms with Gasteiger partial charge in [-0.2, -0.15) is 0 Å². The van der Waals surface area contributed by atoms with Gasteiger partial charge in [0.05, 0.1) is 0 Å². The first-order valence-electron chi connectivity index (χ1n) is 49.4. The smallest absolute Gasteiger partial charge is 0.136 e. The van der Waals surface area contributed by atoms with Crippen molar-refractivity contribution in [2.24, 2.45) is 0 Å². The number of rotatable bonds is 10. The monoisotopic (exact) mass is 1810 g/mol. The Balaban J connectivity index is 0.000000104. The summed E-state index contributed by atoms with van der Waals surface area (Å²) in [6.07, 6.45) is 26.3. The second-order valence-corrected chi connectivity index (χ2v) is 38.2. The number of fused-ring (bicyclic) bond motifs is 21. The van der Waals surface area contributed by atoms with Crippen molar-refractivity contribution in [1.29, 1.82) is 0 Å². The van der Waals surface area contributed by atoms with Crippen LogP contribution in [-0.4, -0.2) is 18.3 Å². The third kappa shape index (κ3) is 13.6. The molecule has 0 N–H and O–H groups in total. The van der Waals surface area contributed by atoms with Crippen molar-refractivity contribution in [1.82, 2.24) is 0 Å². The molecule has 4 nitrogen and oxygen atoms in total. The number of hydrogen-bond donors (Lipinski definition) is 0. The Labute approximate surface area is 822 Å². The summed E-state index contributed by atoms with van der Waals surface area (Å²) in [6.45, 7) is 0. The lowest BCUT2D eigenvalue weighted by molar-refractivity contribution is 0.269. The molecule has 0 spiro atoms. The van der Waals surface area contributed by atoms with Crippen molar-refractivity contribution >= 4 is 119 Å². The Morgan fingerprint density at radius 1 is 0.162 bits per heavy atom. The fraction of sp³-hybridized carbons (Fsp3) is 0.0435. The summed E-state index contributed by atoms with van der Waals surface area (Å²) < 4.78 is 26.8. The number of benzene rings is 23. The van der Waals surface area contributed by atoms with Crippen LogP contribution in [0.25, 0.3) is 230 Å². The predicted molar refractivity (Wildman–Crippen MR) is 595 cm³/mol. The van der Waals surface area contributed by atoms with Crippen LogP contribution < -0.4 is 14.2 Å². The molecule has 24 aromatic rings. The zero-order chi connectivity index (χ0) is 93.4. The summed E-state index contributed by atoms with van der Waals surface area (Å²) in [7, 11) is 0. The normalized spacial score (nSPS) is 16.5. The molecule has 6 atom stereocenters. The average molecular weight is 1810 g/mol. The average Bonchev–Trinajstić information content (AvgIpc) is 1.37. The molecule has 4 heteroatoms. The van der Waals surface area contributed by atoms with Gasteiger partial charge in [0.2, 0.25) is 0 Å². The highest BCUT2D eigenvalue weighted by atomic mass is 16.5. The summed E-state index contributed by atoms with van der Waals surface area (Å²) in [4.78, 5) is 0. The Morgan fingerprint density at radius 3 is 0.923 bits per heavy atom. The van der Waals surface area contributed by atoms with Crippen molar-refractivity contribution in [3.8, 4) is 129 Å². The van der Waals surface area contributed by atoms with E-state index < -0.39 is 0 Å². The first kappa shape index (κ1) is 82.3. The van der Waals surface area contributed by atoms with Crippen molar-refractivity contribution < 1.29 is 18.6 Å². The molecule has 4 heterocycles. The van der Waals surface area contributed by atoms with Crippen LogP contribution in [-0.2, 0) is 0 Å². The van der Waals surface area contributed by atoms with Crippen LogP contribution in [0.3, 0.4) is 0 Å². The molecule has 0 radical (unpaired) electrons. The molecule has 0 bridgehead atoms. The molecular formula is C138H90O4. The Morgan fingerprint density at radius 2 is 0.479 bits per heavy atom. The van der Waals surface area contributed by atoms with Gasteiger partial charge in [0.15, 0.2) is 0 Å². The fourth-order valence-electron chi connectivity index (χ4n) is 24.1. The zero-order valence-corrected chi connectivity index (χ0v) is 77.6. The predicted octanol–water partition coefficient (Wildman–Crippen LogP) is 36.9. The third-order valence-corrected chi connectivity index (χ3v) is 30.4. The number of para-hydroxylation sites is 1. The molecule has 0 fully saturated rings. The van der Waals surface area contributed by atoms with Gasteiger partial charge in [-0.25, -0.2) is 0 Å². The maximum absolute atomic E-state index is 6.99. The molecule has 3 aliphatic carbocycles. The molecule has 6 aliphatic rings. The maximum atomic E-state index is 6.99. The fourth-order valence-corrected chi connectivity index (χ4v) is 24.1. The van der Waals surface area contributed by atoms with Gasteiger partial charge < -0.3 is 18.6 Å². The third-order valence-electron chi connectivity index (χ3n) is 30.4. The quantitative estimate of drug-likeness (QED) is 0.128. The lowest BCUT2D eigenvalue weighted by Gasteiger charge is -2.22. The maximum Gasteiger partial charge on any atom is 0.136 e. The molecule has 142 heavy (non-hydrogen) atoms. The van der Waals surface area contributed by atoms with E-state index in [4.69, 9.17) is 18.6 Å². The van der Waals surface area contributed by atoms with E-state index in [1.54, 1.807) is 0 Å². The summed E-state index contributed by atoms with van der Waals surface area (Å²) in [5.74, 6) is 3.33. The highest BCUT2D eigenvalue weighted by Crippen LogP contribution is 2.59. The lowest BCUT2D eigenvalue weighted by Crippen LogP contribution is -2.15. The Bertz CT molecular complexity index is 9400. The number of hydrogen-bond acceptors (Lipinski definition) is 4. The summed E-state index contributed by atoms with van der Waals surface area (Å²) in [5.41, 5.74) is 30.0. The number of furan rings is 1. The van der Waals surface area contributed by atoms with Crippen molar-refractivity contribution in [3.63, 3.8) is 0 Å². The molecule has 0 saturated carbocycles. The van der Waals surface area contributed by atoms with Gasteiger partial charge in [-0.05, 0) is 282 Å². The first-order valence-corrected chi connectivity index (χ1v) is 49.4. The highest BCUT2D eigenvalue weighted by Gasteiger charge is 2.41. The van der Waals surface area contributed by atoms with Crippen molar-refractivity contribution in [2.75, 3.05) is 0 Å². The van der Waals surface area contributed by atoms with Gasteiger partial charge in [0.25, 0.3) is 0 Å². The lowest BCUT2D eigenvalue weighted by atomic mass is 9.80. The van der Waals surface area contributed by atoms with Crippen LogP contribution in [0.15, 0.2) is 514 Å². The highest BCUT2D eigenvalue weighted by molar-refractivity contribution is 6.26. The molecule has 3 aliphatic heterocycles. The molecule has 0 saturated heterocycles. The van der Waals surface area contributed by atoms with E-state index in [1.165, 1.54) is 208 Å². The zero-order valence-electron chi connectivity index (χ0n) is 77.6. The van der Waals surface area contributed by atoms with Crippen molar-refractivity contribution in [3.05, 3.63) is 526 Å². The molecule has 0 amide bonds. The molecule has 6 unspecified atom stereocenters. The van der Waals surface area contributed by atoms with Crippen LogP contribution in [0.1, 0.15) is 34.4 Å². The number of ether oxygens (including phenoxy) is 3. The van der Waals surface area contributed by atoms with Crippen LogP contribution in [0.2, 0.25) is 0 Å². The number of allylic oxidation sites excluding steroid dienone is 6. The molecular weight excluding hydrogens is 1720 g/mol. The molecule has 666 valence electrons. The Hall–Kier alpha value is -18.0. The second kappa shape index (κ2) is 34.0. The van der Waals surface area contributed by atoms with Crippen molar-refractivity contribution in [2.45, 2.75) is 36.1 Å². The van der Waals surface area contributed by atoms with Crippen LogP contribution in [0.4, 0.5) is 0 Å². The van der Waals surface area contributed by atoms with Gasteiger partial charge >= 0.3 is 0 Å². The van der Waals surface area contributed by atoms with E-state index in [9.17, 15) is 0 Å². The van der Waals surface area contributed by atoms with Gasteiger partial charge in [-0.15, -0.1) is 0 Å². The minimum Gasteiger partial charge on any atom is -0.485 e. The van der Waals surface area contributed by atoms with Crippen LogP contribution >= 0.6 is 0 Å². The van der Waals surface area contributed by atoms with E-state index in [2.05, 4.69) is 498 Å². The molecule has 30 rings (SSSR count). The molecule has 1 aromatic heterocycles. The van der Waals surface area contributed by atoms with Gasteiger partial charge in [0.1, 0.15) is 46.7 Å². The summed E-state index contributed by atoms with van der Waals surface area (Å²) >= 11 is 0. The van der Waals surface area contributed by atoms with E-state index in [0.717, 1.165) is 55.9 Å². The van der Waals surface area contributed by atoms with Crippen LogP contribution in [0.5, 0.6) is 17.2 Å². The summed E-state index contributed by atoms with van der Waals surface area (Å²) in [5, 5.41) is 24.8. The second-order valence-electron chi connectivity index (χ2n) is 38.2. The minimum absolute atomic E-state index is 0.0131. The van der Waals surface area contributed by atoms with E-state index in [1.807, 2.05) is 12.1 Å². The van der Waals surface area contributed by atoms with E-state index in [-0.39, 0.29) is 36.1 Å². The largest absolute Gasteiger partial charge is 0.485 e. The summed E-state index contributed by atoms with van der Waals surface area (Å²) in [6, 6.07) is 159. The first-order chi connectivity index (χ1) is 70.5. The topological polar surface area (TPSA) is 40.8 Å². The van der Waals surface area contributed by atoms with Gasteiger partial charge in [0, 0.05) is 50.8 Å². The van der Waals surface area contributed by atoms with E-state index >= 15 is 0 Å². The van der Waals surface area contributed by atoms with E-state index in [0.29, 0.717) is 0 Å². The van der Waals surface area contributed by atoms with Gasteiger partial charge in [-0.3, -0.25) is 0 Å². The minimum atomic E-state index is -0.0652.